The Morgan fingerprint density at radius 3 is 2.58 bits per heavy atom. The summed E-state index contributed by atoms with van der Waals surface area (Å²) >= 11 is 1.35. The van der Waals surface area contributed by atoms with Gasteiger partial charge in [-0.1, -0.05) is 18.2 Å². The van der Waals surface area contributed by atoms with Crippen molar-refractivity contribution in [1.82, 2.24) is 5.32 Å². The molecule has 1 aliphatic carbocycles. The lowest BCUT2D eigenvalue weighted by molar-refractivity contribution is -0.763. The van der Waals surface area contributed by atoms with Crippen LogP contribution in [0.1, 0.15) is 46.4 Å². The number of hydrogen-bond donors (Lipinski definition) is 1. The number of ether oxygens (including phenoxy) is 3. The van der Waals surface area contributed by atoms with Gasteiger partial charge in [-0.25, -0.2) is 0 Å². The Morgan fingerprint density at radius 1 is 1.12 bits per heavy atom. The average Bonchev–Trinajstić information content (AvgIpc) is 3.19. The molecule has 3 aromatic carbocycles. The minimum Gasteiger partial charge on any atom is -0.492 e. The zero-order chi connectivity index (χ0) is 28.8. The number of benzene rings is 2. The molecule has 0 saturated carbocycles. The fourth-order valence-electron chi connectivity index (χ4n) is 4.90. The first kappa shape index (κ1) is 28.8. The molecule has 11 heteroatoms. The summed E-state index contributed by atoms with van der Waals surface area (Å²) in [5, 5.41) is 12.8. The minimum atomic E-state index is -0.879. The van der Waals surface area contributed by atoms with E-state index in [-0.39, 0.29) is 17.9 Å². The van der Waals surface area contributed by atoms with Gasteiger partial charge in [0.05, 0.1) is 31.8 Å². The van der Waals surface area contributed by atoms with Crippen molar-refractivity contribution >= 4 is 17.7 Å². The molecular weight excluding hydrogens is 536 g/mol. The number of aryl methyl sites for hydroxylation is 1. The summed E-state index contributed by atoms with van der Waals surface area (Å²) in [4.78, 5) is 42.2. The van der Waals surface area contributed by atoms with Crippen LogP contribution < -0.4 is 25.0 Å². The van der Waals surface area contributed by atoms with E-state index in [1.165, 1.54) is 11.8 Å². The molecule has 210 valence electrons. The zero-order valence-electron chi connectivity index (χ0n) is 22.6. The second-order valence-corrected chi connectivity index (χ2v) is 9.80. The monoisotopic (exact) mass is 566 g/mol. The lowest BCUT2D eigenvalue weighted by Crippen LogP contribution is -2.29. The van der Waals surface area contributed by atoms with E-state index >= 15 is 0 Å². The van der Waals surface area contributed by atoms with Crippen molar-refractivity contribution in [3.05, 3.63) is 91.1 Å². The van der Waals surface area contributed by atoms with Crippen LogP contribution in [0.25, 0.3) is 11.1 Å². The van der Waals surface area contributed by atoms with Crippen molar-refractivity contribution in [3.63, 3.8) is 0 Å². The topological polar surface area (TPSA) is 126 Å². The fourth-order valence-corrected chi connectivity index (χ4v) is 5.36. The normalized spacial score (nSPS) is 13.8. The Morgan fingerprint density at radius 2 is 1.90 bits per heavy atom. The number of carbonyl (C=O) groups excluding carboxylic acids is 1. The summed E-state index contributed by atoms with van der Waals surface area (Å²) in [6, 6.07) is 13.1. The van der Waals surface area contributed by atoms with E-state index in [2.05, 4.69) is 10.2 Å². The van der Waals surface area contributed by atoms with E-state index in [0.717, 1.165) is 16.7 Å². The van der Waals surface area contributed by atoms with Crippen LogP contribution in [0.5, 0.6) is 17.2 Å². The van der Waals surface area contributed by atoms with Crippen molar-refractivity contribution in [2.75, 3.05) is 27.1 Å². The van der Waals surface area contributed by atoms with Gasteiger partial charge in [0.1, 0.15) is 6.61 Å². The molecule has 1 N–H and O–H groups in total. The second-order valence-electron chi connectivity index (χ2n) is 8.95. The number of fused-ring (bicyclic) bond motifs is 3. The molecular formula is C29H30N2O8S. The Kier molecular flexibility index (Phi) is 9.15. The molecule has 4 rings (SSSR count). The first-order chi connectivity index (χ1) is 19.3. The number of methoxy groups -OCH3 is 2. The van der Waals surface area contributed by atoms with E-state index < -0.39 is 11.1 Å². The Hall–Kier alpha value is -4.25. The summed E-state index contributed by atoms with van der Waals surface area (Å²) in [5.74, 6) is 1.10. The van der Waals surface area contributed by atoms with Crippen LogP contribution in [0.4, 0.5) is 0 Å². The van der Waals surface area contributed by atoms with Gasteiger partial charge in [0.2, 0.25) is 5.75 Å². The molecule has 0 bridgehead atoms. The van der Waals surface area contributed by atoms with Crippen LogP contribution in [0.15, 0.2) is 58.2 Å². The molecule has 0 aliphatic heterocycles. The van der Waals surface area contributed by atoms with Crippen molar-refractivity contribution in [2.45, 2.75) is 37.3 Å². The predicted molar refractivity (Wildman–Crippen MR) is 151 cm³/mol. The van der Waals surface area contributed by atoms with E-state index in [4.69, 9.17) is 14.2 Å². The molecule has 0 radical (unpaired) electrons. The maximum absolute atomic E-state index is 13.4. The molecule has 10 nitrogen and oxygen atoms in total. The molecule has 3 aromatic rings. The van der Waals surface area contributed by atoms with E-state index in [1.54, 1.807) is 50.6 Å². The van der Waals surface area contributed by atoms with Gasteiger partial charge in [0.15, 0.2) is 16.9 Å². The van der Waals surface area contributed by atoms with Crippen LogP contribution >= 0.6 is 11.8 Å². The van der Waals surface area contributed by atoms with Crippen molar-refractivity contribution in [2.24, 2.45) is 0 Å². The highest BCUT2D eigenvalue weighted by Gasteiger charge is 2.30. The van der Waals surface area contributed by atoms with Crippen LogP contribution in [0.3, 0.4) is 0 Å². The summed E-state index contributed by atoms with van der Waals surface area (Å²) < 4.78 is 17.4. The minimum absolute atomic E-state index is 0.160. The van der Waals surface area contributed by atoms with Gasteiger partial charge in [-0.05, 0) is 78.6 Å². The van der Waals surface area contributed by atoms with Gasteiger partial charge >= 0.3 is 0 Å². The Balaban J connectivity index is 1.83. The highest BCUT2D eigenvalue weighted by Crippen LogP contribution is 2.50. The zero-order valence-corrected chi connectivity index (χ0v) is 23.5. The average molecular weight is 567 g/mol. The quantitative estimate of drug-likeness (QED) is 0.205. The Labute approximate surface area is 235 Å². The number of amides is 1. The third kappa shape index (κ3) is 5.99. The smallest absolute Gasteiger partial charge is 0.294 e. The lowest BCUT2D eigenvalue weighted by Gasteiger charge is -2.20. The van der Waals surface area contributed by atoms with E-state index in [0.29, 0.717) is 58.3 Å². The molecule has 0 spiro atoms. The van der Waals surface area contributed by atoms with Gasteiger partial charge in [-0.15, -0.1) is 21.9 Å². The van der Waals surface area contributed by atoms with Crippen LogP contribution in [-0.4, -0.2) is 38.1 Å². The molecule has 0 unspecified atom stereocenters. The van der Waals surface area contributed by atoms with E-state index in [9.17, 15) is 19.7 Å². The summed E-state index contributed by atoms with van der Waals surface area (Å²) in [7, 11) is 3.10. The van der Waals surface area contributed by atoms with Crippen molar-refractivity contribution in [1.29, 1.82) is 0 Å². The van der Waals surface area contributed by atoms with Gasteiger partial charge in [0, 0.05) is 11.1 Å². The number of rotatable bonds is 10. The molecule has 1 aliphatic rings. The van der Waals surface area contributed by atoms with Crippen LogP contribution in [0, 0.1) is 10.1 Å². The fraction of sp³-hybridized carbons (Fsp3) is 0.310. The summed E-state index contributed by atoms with van der Waals surface area (Å²) in [5.41, 5.74) is 3.73. The molecule has 1 amide bonds. The highest BCUT2D eigenvalue weighted by atomic mass is 32.2. The third-order valence-electron chi connectivity index (χ3n) is 6.63. The maximum atomic E-state index is 13.4. The molecule has 40 heavy (non-hydrogen) atoms. The predicted octanol–water partition coefficient (Wildman–Crippen LogP) is 4.98. The number of nitrogens with one attached hydrogen (secondary N) is 1. The van der Waals surface area contributed by atoms with E-state index in [1.807, 2.05) is 25.3 Å². The first-order valence-electron chi connectivity index (χ1n) is 12.6. The van der Waals surface area contributed by atoms with Gasteiger partial charge in [-0.2, -0.15) is 0 Å². The van der Waals surface area contributed by atoms with Crippen molar-refractivity contribution in [3.8, 4) is 28.4 Å². The maximum Gasteiger partial charge on any atom is 0.294 e. The standard InChI is InChI=1S/C29H30N2O8S/c1-5-38-24-14-18-9-11-22(30-29(33)19-8-6-7-17(13-19)16-39-31(34)35)21-15-23(32)25(40-4)12-10-20(21)26(18)28(37-3)27(24)36-2/h6-8,10,12-15,22H,5,9,11,16H2,1-4H3,(H,30,33)/t22-/m0/s1. The molecule has 0 heterocycles. The number of carbonyl (C=O) groups is 1. The molecule has 1 atom stereocenters. The largest absolute Gasteiger partial charge is 0.492 e. The van der Waals surface area contributed by atoms with Crippen LogP contribution in [-0.2, 0) is 17.9 Å². The number of nitrogens with zero attached hydrogens (tertiary/aromatic N) is 1. The van der Waals surface area contributed by atoms with Gasteiger partial charge in [0.25, 0.3) is 11.0 Å². The van der Waals surface area contributed by atoms with Crippen LogP contribution in [0.2, 0.25) is 0 Å². The third-order valence-corrected chi connectivity index (χ3v) is 7.41. The molecule has 0 fully saturated rings. The van der Waals surface area contributed by atoms with Gasteiger partial charge in [-0.3, -0.25) is 9.59 Å². The first-order valence-corrected chi connectivity index (χ1v) is 13.8. The summed E-state index contributed by atoms with van der Waals surface area (Å²) in [6.45, 7) is 2.05. The van der Waals surface area contributed by atoms with Crippen molar-refractivity contribution < 1.29 is 28.9 Å². The number of hydrogen-bond acceptors (Lipinski definition) is 9. The number of thioether (sulfide) groups is 1. The summed E-state index contributed by atoms with van der Waals surface area (Å²) in [6.07, 6.45) is 2.89. The highest BCUT2D eigenvalue weighted by molar-refractivity contribution is 7.98. The van der Waals surface area contributed by atoms with Gasteiger partial charge < -0.3 is 24.4 Å². The lowest BCUT2D eigenvalue weighted by atomic mass is 9.95. The SMILES string of the molecule is CCOc1cc2c(c(OC)c1OC)-c1ccc(SC)c(=O)cc1[C@@H](NC(=O)c1cccc(CO[N+](=O)[O-])c1)CC2. The Bertz CT molecular complexity index is 1490. The molecule has 0 saturated heterocycles. The second kappa shape index (κ2) is 12.7. The molecule has 0 aromatic heterocycles.